The largest absolute Gasteiger partial charge is 0.336 e. The van der Waals surface area contributed by atoms with E-state index in [-0.39, 0.29) is 6.04 Å². The molecule has 7 nitrogen and oxygen atoms in total. The molecule has 0 bridgehead atoms. The summed E-state index contributed by atoms with van der Waals surface area (Å²) >= 11 is 0. The zero-order chi connectivity index (χ0) is 18.0. The molecule has 25 heavy (non-hydrogen) atoms. The Morgan fingerprint density at radius 1 is 0.960 bits per heavy atom. The van der Waals surface area contributed by atoms with Gasteiger partial charge in [0.05, 0.1) is 5.69 Å². The molecule has 134 valence electrons. The zero-order valence-corrected chi connectivity index (χ0v) is 15.7. The summed E-state index contributed by atoms with van der Waals surface area (Å²) in [5.74, 6) is 1.91. The summed E-state index contributed by atoms with van der Waals surface area (Å²) in [6.07, 6.45) is 9.48. The van der Waals surface area contributed by atoms with Crippen LogP contribution in [0.2, 0.25) is 0 Å². The molecule has 0 spiro atoms. The highest BCUT2D eigenvalue weighted by Crippen LogP contribution is 2.21. The fourth-order valence-electron chi connectivity index (χ4n) is 3.41. The summed E-state index contributed by atoms with van der Waals surface area (Å²) in [6, 6.07) is -0.0744. The SMILES string of the molecule is CCc1nn(C)c(CC)c1CNC(c1nccn1C)c1nccn1C. The standard InChI is InChI=1S/C18H27N7/c1-6-14-13(15(7-2)25(5)22-14)12-21-16(17-19-8-10-23(17)3)18-20-9-11-24(18)4/h8-11,16,21H,6-7,12H2,1-5H3. The van der Waals surface area contributed by atoms with E-state index in [0.717, 1.165) is 36.7 Å². The maximum atomic E-state index is 4.67. The van der Waals surface area contributed by atoms with Crippen molar-refractivity contribution in [3.8, 4) is 0 Å². The van der Waals surface area contributed by atoms with Crippen LogP contribution in [0, 0.1) is 0 Å². The summed E-state index contributed by atoms with van der Waals surface area (Å²) in [5.41, 5.74) is 3.73. The van der Waals surface area contributed by atoms with Crippen molar-refractivity contribution in [1.82, 2.24) is 34.2 Å². The Morgan fingerprint density at radius 2 is 1.56 bits per heavy atom. The summed E-state index contributed by atoms with van der Waals surface area (Å²) in [7, 11) is 6.05. The van der Waals surface area contributed by atoms with Crippen LogP contribution in [-0.4, -0.2) is 28.9 Å². The molecule has 0 aliphatic carbocycles. The quantitative estimate of drug-likeness (QED) is 0.713. The highest BCUT2D eigenvalue weighted by atomic mass is 15.3. The van der Waals surface area contributed by atoms with Gasteiger partial charge in [0.2, 0.25) is 0 Å². The van der Waals surface area contributed by atoms with E-state index in [2.05, 4.69) is 34.2 Å². The van der Waals surface area contributed by atoms with Crippen molar-refractivity contribution in [2.75, 3.05) is 0 Å². The third-order valence-corrected chi connectivity index (χ3v) is 4.74. The van der Waals surface area contributed by atoms with Crippen LogP contribution in [0.15, 0.2) is 24.8 Å². The molecule has 0 unspecified atom stereocenters. The lowest BCUT2D eigenvalue weighted by Crippen LogP contribution is -2.28. The van der Waals surface area contributed by atoms with Gasteiger partial charge in [-0.3, -0.25) is 10.00 Å². The van der Waals surface area contributed by atoms with Crippen LogP contribution in [0.5, 0.6) is 0 Å². The predicted molar refractivity (Wildman–Crippen MR) is 97.1 cm³/mol. The number of aryl methyl sites for hydroxylation is 4. The maximum absolute atomic E-state index is 4.67. The predicted octanol–water partition coefficient (Wildman–Crippen LogP) is 1.89. The smallest absolute Gasteiger partial charge is 0.133 e. The second kappa shape index (κ2) is 7.23. The van der Waals surface area contributed by atoms with E-state index in [1.54, 1.807) is 0 Å². The number of rotatable bonds is 7. The van der Waals surface area contributed by atoms with Crippen LogP contribution in [0.4, 0.5) is 0 Å². The number of aromatic nitrogens is 6. The molecule has 3 aromatic rings. The molecule has 0 atom stereocenters. The third kappa shape index (κ3) is 3.24. The molecule has 3 rings (SSSR count). The average Bonchev–Trinajstić information content (AvgIpc) is 3.28. The van der Waals surface area contributed by atoms with Crippen LogP contribution in [0.1, 0.15) is 48.5 Å². The first-order valence-corrected chi connectivity index (χ1v) is 8.78. The Morgan fingerprint density at radius 3 is 2.00 bits per heavy atom. The van der Waals surface area contributed by atoms with E-state index in [4.69, 9.17) is 0 Å². The van der Waals surface area contributed by atoms with Gasteiger partial charge in [-0.2, -0.15) is 5.10 Å². The van der Waals surface area contributed by atoms with Crippen molar-refractivity contribution in [2.24, 2.45) is 21.1 Å². The summed E-state index contributed by atoms with van der Waals surface area (Å²) in [5, 5.41) is 8.34. The molecule has 3 heterocycles. The van der Waals surface area contributed by atoms with Gasteiger partial charge in [-0.15, -0.1) is 0 Å². The minimum absolute atomic E-state index is 0.0744. The monoisotopic (exact) mass is 341 g/mol. The first-order chi connectivity index (χ1) is 12.1. The van der Waals surface area contributed by atoms with Crippen molar-refractivity contribution >= 4 is 0 Å². The lowest BCUT2D eigenvalue weighted by Gasteiger charge is -2.19. The number of imidazole rings is 2. The van der Waals surface area contributed by atoms with Gasteiger partial charge < -0.3 is 9.13 Å². The first kappa shape index (κ1) is 17.4. The molecule has 0 fully saturated rings. The molecule has 0 saturated carbocycles. The molecule has 0 aliphatic rings. The second-order valence-corrected chi connectivity index (χ2v) is 6.31. The molecule has 3 aromatic heterocycles. The Hall–Kier alpha value is -2.41. The van der Waals surface area contributed by atoms with Crippen molar-refractivity contribution in [1.29, 1.82) is 0 Å². The van der Waals surface area contributed by atoms with E-state index < -0.39 is 0 Å². The topological polar surface area (TPSA) is 65.5 Å². The number of nitrogens with zero attached hydrogens (tertiary/aromatic N) is 6. The first-order valence-electron chi connectivity index (χ1n) is 8.78. The van der Waals surface area contributed by atoms with Gasteiger partial charge in [-0.25, -0.2) is 9.97 Å². The van der Waals surface area contributed by atoms with Gasteiger partial charge in [-0.1, -0.05) is 13.8 Å². The summed E-state index contributed by atoms with van der Waals surface area (Å²) in [4.78, 5) is 9.08. The zero-order valence-electron chi connectivity index (χ0n) is 15.7. The summed E-state index contributed by atoms with van der Waals surface area (Å²) < 4.78 is 6.08. The molecular formula is C18H27N7. The van der Waals surface area contributed by atoms with Crippen molar-refractivity contribution in [3.63, 3.8) is 0 Å². The van der Waals surface area contributed by atoms with Crippen molar-refractivity contribution < 1.29 is 0 Å². The Kier molecular flexibility index (Phi) is 5.03. The molecule has 0 amide bonds. The molecule has 1 N–H and O–H groups in total. The molecule has 0 saturated heterocycles. The number of hydrogen-bond acceptors (Lipinski definition) is 4. The van der Waals surface area contributed by atoms with Gasteiger partial charge in [0, 0.05) is 63.7 Å². The minimum atomic E-state index is -0.0744. The molecule has 0 aromatic carbocycles. The summed E-state index contributed by atoms with van der Waals surface area (Å²) in [6.45, 7) is 5.07. The van der Waals surface area contributed by atoms with Gasteiger partial charge in [0.15, 0.2) is 0 Å². The van der Waals surface area contributed by atoms with Gasteiger partial charge in [0.1, 0.15) is 17.7 Å². The lowest BCUT2D eigenvalue weighted by atomic mass is 10.1. The maximum Gasteiger partial charge on any atom is 0.133 e. The van der Waals surface area contributed by atoms with E-state index in [9.17, 15) is 0 Å². The lowest BCUT2D eigenvalue weighted by molar-refractivity contribution is 0.517. The highest BCUT2D eigenvalue weighted by Gasteiger charge is 2.23. The van der Waals surface area contributed by atoms with E-state index in [1.165, 1.54) is 11.3 Å². The fourth-order valence-corrected chi connectivity index (χ4v) is 3.41. The second-order valence-electron chi connectivity index (χ2n) is 6.31. The highest BCUT2D eigenvalue weighted by molar-refractivity contribution is 5.27. The Labute approximate surface area is 148 Å². The van der Waals surface area contributed by atoms with Crippen LogP contribution >= 0.6 is 0 Å². The van der Waals surface area contributed by atoms with E-state index >= 15 is 0 Å². The van der Waals surface area contributed by atoms with Crippen LogP contribution in [-0.2, 0) is 40.5 Å². The Balaban J connectivity index is 1.93. The van der Waals surface area contributed by atoms with Crippen LogP contribution in [0.25, 0.3) is 0 Å². The number of nitrogens with one attached hydrogen (secondary N) is 1. The van der Waals surface area contributed by atoms with Crippen molar-refractivity contribution in [3.05, 3.63) is 53.4 Å². The number of hydrogen-bond donors (Lipinski definition) is 1. The van der Waals surface area contributed by atoms with Crippen LogP contribution < -0.4 is 5.32 Å². The van der Waals surface area contributed by atoms with Crippen LogP contribution in [0.3, 0.4) is 0 Å². The van der Waals surface area contributed by atoms with Crippen molar-refractivity contribution in [2.45, 2.75) is 39.3 Å². The minimum Gasteiger partial charge on any atom is -0.336 e. The molecule has 0 aliphatic heterocycles. The van der Waals surface area contributed by atoms with Gasteiger partial charge in [0.25, 0.3) is 0 Å². The fraction of sp³-hybridized carbons (Fsp3) is 0.500. The Bertz CT molecular complexity index is 799. The molecule has 0 radical (unpaired) electrons. The van der Waals surface area contributed by atoms with E-state index in [0.29, 0.717) is 0 Å². The van der Waals surface area contributed by atoms with Gasteiger partial charge >= 0.3 is 0 Å². The molecular weight excluding hydrogens is 314 g/mol. The average molecular weight is 341 g/mol. The van der Waals surface area contributed by atoms with Gasteiger partial charge in [-0.05, 0) is 12.8 Å². The third-order valence-electron chi connectivity index (χ3n) is 4.74. The van der Waals surface area contributed by atoms with E-state index in [1.807, 2.05) is 59.7 Å². The molecule has 7 heteroatoms. The normalized spacial score (nSPS) is 11.6.